The van der Waals surface area contributed by atoms with Gasteiger partial charge in [-0.1, -0.05) is 17.7 Å². The van der Waals surface area contributed by atoms with Gasteiger partial charge in [-0.25, -0.2) is 0 Å². The van der Waals surface area contributed by atoms with E-state index in [4.69, 9.17) is 10.6 Å². The summed E-state index contributed by atoms with van der Waals surface area (Å²) in [5.74, 6) is 6.59. The molecular formula is C13H18N2O. The molecule has 0 aromatic heterocycles. The van der Waals surface area contributed by atoms with E-state index in [0.29, 0.717) is 0 Å². The number of ether oxygens (including phenoxy) is 1. The Morgan fingerprint density at radius 2 is 2.44 bits per heavy atom. The molecule has 3 heteroatoms. The van der Waals surface area contributed by atoms with Gasteiger partial charge in [0.15, 0.2) is 0 Å². The fourth-order valence-electron chi connectivity index (χ4n) is 2.04. The van der Waals surface area contributed by atoms with Crippen molar-refractivity contribution in [3.63, 3.8) is 0 Å². The fraction of sp³-hybridized carbons (Fsp3) is 0.385. The van der Waals surface area contributed by atoms with Crippen LogP contribution in [-0.2, 0) is 6.42 Å². The van der Waals surface area contributed by atoms with E-state index in [1.54, 1.807) is 0 Å². The molecule has 1 unspecified atom stereocenters. The van der Waals surface area contributed by atoms with Gasteiger partial charge in [-0.2, -0.15) is 0 Å². The normalized spacial score (nSPS) is 15.4. The summed E-state index contributed by atoms with van der Waals surface area (Å²) >= 11 is 0. The van der Waals surface area contributed by atoms with Gasteiger partial charge >= 0.3 is 0 Å². The maximum Gasteiger partial charge on any atom is 0.122 e. The van der Waals surface area contributed by atoms with Crippen LogP contribution in [0.25, 0.3) is 0 Å². The van der Waals surface area contributed by atoms with Gasteiger partial charge in [0.25, 0.3) is 0 Å². The third kappa shape index (κ3) is 2.26. The topological polar surface area (TPSA) is 47.3 Å². The number of nitrogens with two attached hydrogens (primary N) is 1. The van der Waals surface area contributed by atoms with E-state index in [1.807, 2.05) is 13.0 Å². The van der Waals surface area contributed by atoms with Gasteiger partial charge in [0.05, 0.1) is 6.61 Å². The molecule has 0 radical (unpaired) electrons. The molecule has 0 aliphatic carbocycles. The van der Waals surface area contributed by atoms with Crippen LogP contribution in [0.2, 0.25) is 0 Å². The number of fused-ring (bicyclic) bond motifs is 1. The van der Waals surface area contributed by atoms with Crippen molar-refractivity contribution < 1.29 is 4.74 Å². The van der Waals surface area contributed by atoms with Crippen LogP contribution in [0.3, 0.4) is 0 Å². The lowest BCUT2D eigenvalue weighted by Gasteiger charge is -2.17. The SMILES string of the molecule is C=C(C)CC(NN)c1ccc2c(c1)CCO2. The molecule has 0 fully saturated rings. The number of hydrazine groups is 1. The van der Waals surface area contributed by atoms with Gasteiger partial charge in [0, 0.05) is 12.5 Å². The highest BCUT2D eigenvalue weighted by Crippen LogP contribution is 2.29. The second kappa shape index (κ2) is 4.68. The van der Waals surface area contributed by atoms with E-state index in [0.717, 1.165) is 30.8 Å². The molecule has 1 aliphatic heterocycles. The molecular weight excluding hydrogens is 200 g/mol. The summed E-state index contributed by atoms with van der Waals surface area (Å²) in [7, 11) is 0. The number of hydrogen-bond donors (Lipinski definition) is 2. The summed E-state index contributed by atoms with van der Waals surface area (Å²) in [5.41, 5.74) is 6.44. The Balaban J connectivity index is 2.21. The van der Waals surface area contributed by atoms with Crippen LogP contribution in [0.1, 0.15) is 30.5 Å². The van der Waals surface area contributed by atoms with Crippen molar-refractivity contribution in [2.75, 3.05) is 6.61 Å². The van der Waals surface area contributed by atoms with Crippen molar-refractivity contribution in [3.05, 3.63) is 41.5 Å². The Morgan fingerprint density at radius 3 is 3.12 bits per heavy atom. The van der Waals surface area contributed by atoms with Crippen molar-refractivity contribution in [2.24, 2.45) is 5.84 Å². The molecule has 1 aliphatic rings. The molecule has 1 heterocycles. The van der Waals surface area contributed by atoms with Crippen molar-refractivity contribution in [1.29, 1.82) is 0 Å². The molecule has 16 heavy (non-hydrogen) atoms. The number of rotatable bonds is 4. The number of hydrogen-bond acceptors (Lipinski definition) is 3. The first-order valence-corrected chi connectivity index (χ1v) is 5.57. The van der Waals surface area contributed by atoms with Crippen molar-refractivity contribution >= 4 is 0 Å². The smallest absolute Gasteiger partial charge is 0.122 e. The molecule has 0 amide bonds. The van der Waals surface area contributed by atoms with Crippen molar-refractivity contribution in [3.8, 4) is 5.75 Å². The van der Waals surface area contributed by atoms with Crippen molar-refractivity contribution in [1.82, 2.24) is 5.43 Å². The number of benzene rings is 1. The minimum atomic E-state index is 0.142. The highest BCUT2D eigenvalue weighted by atomic mass is 16.5. The maximum absolute atomic E-state index is 5.58. The van der Waals surface area contributed by atoms with Crippen LogP contribution in [0.5, 0.6) is 5.75 Å². The quantitative estimate of drug-likeness (QED) is 0.462. The van der Waals surface area contributed by atoms with Gasteiger partial charge in [-0.3, -0.25) is 11.3 Å². The largest absolute Gasteiger partial charge is 0.493 e. The van der Waals surface area contributed by atoms with E-state index >= 15 is 0 Å². The number of nitrogens with one attached hydrogen (secondary N) is 1. The van der Waals surface area contributed by atoms with E-state index in [1.165, 1.54) is 11.1 Å². The average molecular weight is 218 g/mol. The first-order chi connectivity index (χ1) is 7.70. The lowest BCUT2D eigenvalue weighted by atomic mass is 9.98. The van der Waals surface area contributed by atoms with Crippen LogP contribution in [0.15, 0.2) is 30.4 Å². The fourth-order valence-corrected chi connectivity index (χ4v) is 2.04. The molecule has 0 saturated heterocycles. The molecule has 2 rings (SSSR count). The monoisotopic (exact) mass is 218 g/mol. The van der Waals surface area contributed by atoms with Crippen LogP contribution in [-0.4, -0.2) is 6.61 Å². The average Bonchev–Trinajstić information content (AvgIpc) is 2.72. The third-order valence-electron chi connectivity index (χ3n) is 2.87. The Bertz CT molecular complexity index is 401. The van der Waals surface area contributed by atoms with E-state index in [9.17, 15) is 0 Å². The zero-order valence-corrected chi connectivity index (χ0v) is 9.62. The lowest BCUT2D eigenvalue weighted by Crippen LogP contribution is -2.28. The first kappa shape index (κ1) is 11.2. The molecule has 3 nitrogen and oxygen atoms in total. The van der Waals surface area contributed by atoms with Crippen LogP contribution >= 0.6 is 0 Å². The van der Waals surface area contributed by atoms with Gasteiger partial charge < -0.3 is 4.74 Å². The lowest BCUT2D eigenvalue weighted by molar-refractivity contribution is 0.356. The second-order valence-electron chi connectivity index (χ2n) is 4.35. The standard InChI is InChI=1S/C13H18N2O/c1-9(2)7-12(15-14)10-3-4-13-11(8-10)5-6-16-13/h3-4,8,12,15H,1,5-7,14H2,2H3. The van der Waals surface area contributed by atoms with Gasteiger partial charge in [0.1, 0.15) is 5.75 Å². The molecule has 86 valence electrons. The highest BCUT2D eigenvalue weighted by molar-refractivity contribution is 5.41. The van der Waals surface area contributed by atoms with Crippen LogP contribution in [0.4, 0.5) is 0 Å². The second-order valence-corrected chi connectivity index (χ2v) is 4.35. The van der Waals surface area contributed by atoms with Crippen LogP contribution < -0.4 is 16.0 Å². The minimum Gasteiger partial charge on any atom is -0.493 e. The van der Waals surface area contributed by atoms with Crippen molar-refractivity contribution in [2.45, 2.75) is 25.8 Å². The molecule has 1 aromatic carbocycles. The molecule has 0 saturated carbocycles. The predicted octanol–water partition coefficient (Wildman–Crippen LogP) is 2.09. The predicted molar refractivity (Wildman–Crippen MR) is 65.1 cm³/mol. The molecule has 3 N–H and O–H groups in total. The summed E-state index contributed by atoms with van der Waals surface area (Å²) in [4.78, 5) is 0. The summed E-state index contributed by atoms with van der Waals surface area (Å²) < 4.78 is 5.48. The molecule has 0 bridgehead atoms. The summed E-state index contributed by atoms with van der Waals surface area (Å²) in [6, 6.07) is 6.41. The van der Waals surface area contributed by atoms with E-state index in [2.05, 4.69) is 24.1 Å². The Labute approximate surface area is 96.3 Å². The molecule has 1 aromatic rings. The zero-order chi connectivity index (χ0) is 11.5. The van der Waals surface area contributed by atoms with E-state index < -0.39 is 0 Å². The zero-order valence-electron chi connectivity index (χ0n) is 9.62. The van der Waals surface area contributed by atoms with E-state index in [-0.39, 0.29) is 6.04 Å². The highest BCUT2D eigenvalue weighted by Gasteiger charge is 2.16. The third-order valence-corrected chi connectivity index (χ3v) is 2.87. The van der Waals surface area contributed by atoms with Gasteiger partial charge in [-0.05, 0) is 30.5 Å². The van der Waals surface area contributed by atoms with Crippen LogP contribution in [0, 0.1) is 0 Å². The summed E-state index contributed by atoms with van der Waals surface area (Å²) in [6.45, 7) is 6.73. The van der Waals surface area contributed by atoms with Gasteiger partial charge in [-0.15, -0.1) is 6.58 Å². The Kier molecular flexibility index (Phi) is 3.27. The summed E-state index contributed by atoms with van der Waals surface area (Å²) in [5, 5.41) is 0. The van der Waals surface area contributed by atoms with Gasteiger partial charge in [0.2, 0.25) is 0 Å². The maximum atomic E-state index is 5.58. The minimum absolute atomic E-state index is 0.142. The molecule has 0 spiro atoms. The summed E-state index contributed by atoms with van der Waals surface area (Å²) in [6.07, 6.45) is 1.85. The Morgan fingerprint density at radius 1 is 1.62 bits per heavy atom. The first-order valence-electron chi connectivity index (χ1n) is 5.57. The Hall–Kier alpha value is -1.32. The molecule has 1 atom stereocenters.